The number of anilines is 1. The maximum absolute atomic E-state index is 12.0. The van der Waals surface area contributed by atoms with Gasteiger partial charge in [-0.25, -0.2) is 4.79 Å². The molecular formula is C12H18N4O5. The van der Waals surface area contributed by atoms with Gasteiger partial charge < -0.3 is 19.9 Å². The zero-order valence-electron chi connectivity index (χ0n) is 11.8. The molecule has 1 aromatic heterocycles. The first kappa shape index (κ1) is 14.4. The maximum Gasteiger partial charge on any atom is 0.351 e. The van der Waals surface area contributed by atoms with Crippen molar-refractivity contribution in [2.75, 3.05) is 33.1 Å². The number of hydroxylamine groups is 1. The summed E-state index contributed by atoms with van der Waals surface area (Å²) in [6.45, 7) is 0.704. The van der Waals surface area contributed by atoms with Crippen LogP contribution in [0.2, 0.25) is 0 Å². The molecule has 2 aliphatic heterocycles. The summed E-state index contributed by atoms with van der Waals surface area (Å²) in [5.74, 6) is 0.158. The number of nitrogens with zero attached hydrogens (tertiary/aromatic N) is 2. The Morgan fingerprint density at radius 3 is 3.10 bits per heavy atom. The smallest absolute Gasteiger partial charge is 0.351 e. The molecule has 9 nitrogen and oxygen atoms in total. The number of fused-ring (bicyclic) bond motifs is 2. The average Bonchev–Trinajstić information content (AvgIpc) is 2.61. The van der Waals surface area contributed by atoms with Gasteiger partial charge in [-0.15, -0.1) is 0 Å². The maximum atomic E-state index is 12.0. The van der Waals surface area contributed by atoms with Gasteiger partial charge in [0.25, 0.3) is 0 Å². The summed E-state index contributed by atoms with van der Waals surface area (Å²) in [4.78, 5) is 21.2. The minimum Gasteiger partial charge on any atom is -0.383 e. The normalized spacial score (nSPS) is 35.0. The molecule has 0 aliphatic carbocycles. The number of methoxy groups -OCH3 is 2. The molecular weight excluding hydrogens is 280 g/mol. The Bertz CT molecular complexity index is 575. The summed E-state index contributed by atoms with van der Waals surface area (Å²) in [5, 5.41) is 0. The molecule has 116 valence electrons. The molecule has 3 N–H and O–H groups in total. The lowest BCUT2D eigenvalue weighted by Gasteiger charge is -2.36. The summed E-state index contributed by atoms with van der Waals surface area (Å²) < 4.78 is 18.2. The summed E-state index contributed by atoms with van der Waals surface area (Å²) in [5.41, 5.74) is 7.10. The van der Waals surface area contributed by atoms with Crippen LogP contribution in [0.4, 0.5) is 5.82 Å². The van der Waals surface area contributed by atoms with Crippen molar-refractivity contribution in [3.8, 4) is 0 Å². The van der Waals surface area contributed by atoms with Crippen LogP contribution in [0.15, 0.2) is 17.1 Å². The first-order valence-electron chi connectivity index (χ1n) is 6.54. The number of hydrogen-bond acceptors (Lipinski definition) is 8. The van der Waals surface area contributed by atoms with Crippen LogP contribution in [0.25, 0.3) is 0 Å². The second kappa shape index (κ2) is 5.35. The topological polar surface area (TPSA) is 110 Å². The lowest BCUT2D eigenvalue weighted by molar-refractivity contribution is -0.174. The van der Waals surface area contributed by atoms with E-state index in [1.807, 2.05) is 0 Å². The highest BCUT2D eigenvalue weighted by Crippen LogP contribution is 2.41. The molecule has 3 heterocycles. The van der Waals surface area contributed by atoms with Gasteiger partial charge in [0.2, 0.25) is 0 Å². The quantitative estimate of drug-likeness (QED) is 0.702. The molecule has 2 aliphatic rings. The summed E-state index contributed by atoms with van der Waals surface area (Å²) in [6.07, 6.45) is 0.00275. The van der Waals surface area contributed by atoms with E-state index < -0.39 is 23.6 Å². The minimum atomic E-state index is -0.724. The van der Waals surface area contributed by atoms with E-state index in [9.17, 15) is 4.79 Å². The molecule has 9 heteroatoms. The second-order valence-electron chi connectivity index (χ2n) is 5.11. The van der Waals surface area contributed by atoms with Gasteiger partial charge in [0, 0.05) is 20.4 Å². The van der Waals surface area contributed by atoms with Crippen molar-refractivity contribution in [1.82, 2.24) is 15.0 Å². The standard InChI is InChI=1S/C12H18N4O5/c1-18-6-12-5-14-21-8(9(12)19-2)10(20-12)16-4-3-7(13)15-11(16)17/h3-4,8-10,14H,5-6H2,1-2H3,(H2,13,15,17)/t8?,9?,10-,12-/m1/s1. The molecule has 2 bridgehead atoms. The van der Waals surface area contributed by atoms with E-state index in [0.29, 0.717) is 13.2 Å². The Morgan fingerprint density at radius 1 is 1.62 bits per heavy atom. The van der Waals surface area contributed by atoms with E-state index in [1.54, 1.807) is 14.2 Å². The summed E-state index contributed by atoms with van der Waals surface area (Å²) >= 11 is 0. The number of hydrogen-bond donors (Lipinski definition) is 2. The monoisotopic (exact) mass is 298 g/mol. The molecule has 21 heavy (non-hydrogen) atoms. The lowest BCUT2D eigenvalue weighted by atomic mass is 9.94. The van der Waals surface area contributed by atoms with Gasteiger partial charge in [-0.2, -0.15) is 10.5 Å². The fourth-order valence-corrected chi connectivity index (χ4v) is 2.94. The molecule has 1 aromatic rings. The van der Waals surface area contributed by atoms with E-state index in [4.69, 9.17) is 24.8 Å². The Kier molecular flexibility index (Phi) is 3.68. The first-order chi connectivity index (χ1) is 10.1. The lowest BCUT2D eigenvalue weighted by Crippen LogP contribution is -2.59. The van der Waals surface area contributed by atoms with Gasteiger partial charge in [0.1, 0.15) is 17.5 Å². The van der Waals surface area contributed by atoms with Crippen molar-refractivity contribution in [1.29, 1.82) is 0 Å². The van der Waals surface area contributed by atoms with Crippen LogP contribution in [-0.4, -0.2) is 54.7 Å². The largest absolute Gasteiger partial charge is 0.383 e. The highest BCUT2D eigenvalue weighted by molar-refractivity contribution is 5.23. The molecule has 2 saturated heterocycles. The van der Waals surface area contributed by atoms with Crippen molar-refractivity contribution < 1.29 is 19.0 Å². The predicted octanol–water partition coefficient (Wildman–Crippen LogP) is -1.34. The third kappa shape index (κ3) is 2.23. The van der Waals surface area contributed by atoms with Gasteiger partial charge in [0.05, 0.1) is 13.2 Å². The van der Waals surface area contributed by atoms with E-state index in [0.717, 1.165) is 0 Å². The zero-order valence-corrected chi connectivity index (χ0v) is 11.8. The van der Waals surface area contributed by atoms with Crippen LogP contribution in [0.3, 0.4) is 0 Å². The number of nitrogen functional groups attached to an aromatic ring is 1. The third-order valence-electron chi connectivity index (χ3n) is 3.81. The molecule has 0 spiro atoms. The summed E-state index contributed by atoms with van der Waals surface area (Å²) in [6, 6.07) is 1.53. The number of ether oxygens (including phenoxy) is 3. The zero-order chi connectivity index (χ0) is 15.0. The average molecular weight is 298 g/mol. The predicted molar refractivity (Wildman–Crippen MR) is 71.3 cm³/mol. The minimum absolute atomic E-state index is 0.158. The van der Waals surface area contributed by atoms with E-state index in [-0.39, 0.29) is 11.9 Å². The molecule has 2 unspecified atom stereocenters. The third-order valence-corrected chi connectivity index (χ3v) is 3.81. The van der Waals surface area contributed by atoms with Crippen LogP contribution in [0, 0.1) is 0 Å². The first-order valence-corrected chi connectivity index (χ1v) is 6.54. The Balaban J connectivity index is 1.99. The highest BCUT2D eigenvalue weighted by Gasteiger charge is 2.60. The molecule has 3 rings (SSSR count). The fourth-order valence-electron chi connectivity index (χ4n) is 2.94. The van der Waals surface area contributed by atoms with Crippen molar-refractivity contribution >= 4 is 5.82 Å². The van der Waals surface area contributed by atoms with Crippen molar-refractivity contribution in [3.63, 3.8) is 0 Å². The molecule has 4 atom stereocenters. The fraction of sp³-hybridized carbons (Fsp3) is 0.667. The van der Waals surface area contributed by atoms with E-state index in [1.165, 1.54) is 16.8 Å². The van der Waals surface area contributed by atoms with Crippen LogP contribution in [-0.2, 0) is 19.0 Å². The molecule has 2 fully saturated rings. The Morgan fingerprint density at radius 2 is 2.43 bits per heavy atom. The van der Waals surface area contributed by atoms with Gasteiger partial charge in [-0.3, -0.25) is 9.40 Å². The van der Waals surface area contributed by atoms with Crippen LogP contribution >= 0.6 is 0 Å². The van der Waals surface area contributed by atoms with Gasteiger partial charge in [-0.1, -0.05) is 0 Å². The molecule has 0 saturated carbocycles. The van der Waals surface area contributed by atoms with Gasteiger partial charge in [0.15, 0.2) is 12.3 Å². The second-order valence-corrected chi connectivity index (χ2v) is 5.11. The van der Waals surface area contributed by atoms with Gasteiger partial charge in [-0.05, 0) is 6.07 Å². The Hall–Kier alpha value is -1.52. The van der Waals surface area contributed by atoms with Crippen LogP contribution < -0.4 is 16.9 Å². The Labute approximate surface area is 120 Å². The molecule has 0 aromatic carbocycles. The highest BCUT2D eigenvalue weighted by atomic mass is 16.7. The SMILES string of the molecule is COC[C@]12CNOC(C1OC)[C@H](n1ccc(N)nc1=O)O2. The van der Waals surface area contributed by atoms with Crippen molar-refractivity contribution in [2.45, 2.75) is 24.0 Å². The van der Waals surface area contributed by atoms with Crippen molar-refractivity contribution in [2.24, 2.45) is 0 Å². The molecule has 0 radical (unpaired) electrons. The van der Waals surface area contributed by atoms with Gasteiger partial charge >= 0.3 is 5.69 Å². The summed E-state index contributed by atoms with van der Waals surface area (Å²) in [7, 11) is 3.16. The number of aromatic nitrogens is 2. The number of rotatable bonds is 4. The number of nitrogens with two attached hydrogens (primary N) is 1. The van der Waals surface area contributed by atoms with Crippen molar-refractivity contribution in [3.05, 3.63) is 22.7 Å². The van der Waals surface area contributed by atoms with E-state index >= 15 is 0 Å². The van der Waals surface area contributed by atoms with Crippen LogP contribution in [0.5, 0.6) is 0 Å². The molecule has 0 amide bonds. The van der Waals surface area contributed by atoms with Crippen LogP contribution in [0.1, 0.15) is 6.23 Å². The number of nitrogens with one attached hydrogen (secondary N) is 1. The van der Waals surface area contributed by atoms with E-state index in [2.05, 4.69) is 10.5 Å².